The molecule has 1 saturated heterocycles. The Morgan fingerprint density at radius 1 is 1.10 bits per heavy atom. The van der Waals surface area contributed by atoms with Crippen LogP contribution in [0.25, 0.3) is 0 Å². The second kappa shape index (κ2) is 7.37. The number of piperazine rings is 1. The largest absolute Gasteiger partial charge is 0.455 e. The van der Waals surface area contributed by atoms with Gasteiger partial charge in [0.1, 0.15) is 5.76 Å². The Hall–Kier alpha value is -1.97. The molecule has 0 aromatic carbocycles. The van der Waals surface area contributed by atoms with Crippen molar-refractivity contribution in [2.75, 3.05) is 26.2 Å². The normalized spacial score (nSPS) is 18.2. The van der Waals surface area contributed by atoms with E-state index < -0.39 is 10.0 Å². The summed E-state index contributed by atoms with van der Waals surface area (Å²) >= 11 is 1.47. The van der Waals surface area contributed by atoms with Crippen LogP contribution in [0.3, 0.4) is 0 Å². The zero-order chi connectivity index (χ0) is 20.9. The van der Waals surface area contributed by atoms with Crippen LogP contribution in [0, 0.1) is 20.8 Å². The van der Waals surface area contributed by atoms with Crippen LogP contribution in [0.15, 0.2) is 15.4 Å². The van der Waals surface area contributed by atoms with Crippen molar-refractivity contribution in [3.8, 4) is 0 Å². The lowest BCUT2D eigenvalue weighted by molar-refractivity contribution is 0.0662. The summed E-state index contributed by atoms with van der Waals surface area (Å²) in [7, 11) is -3.57. The molecule has 29 heavy (non-hydrogen) atoms. The predicted molar refractivity (Wildman–Crippen MR) is 109 cm³/mol. The summed E-state index contributed by atoms with van der Waals surface area (Å²) in [5.74, 6) is 0.575. The fourth-order valence-electron chi connectivity index (χ4n) is 4.13. The van der Waals surface area contributed by atoms with Crippen LogP contribution >= 0.6 is 11.3 Å². The fraction of sp³-hybridized carbons (Fsp3) is 0.500. The first-order chi connectivity index (χ1) is 13.7. The number of hydrogen-bond donors (Lipinski definition) is 0. The molecule has 0 saturated carbocycles. The van der Waals surface area contributed by atoms with Crippen molar-refractivity contribution in [1.82, 2.24) is 9.21 Å². The Morgan fingerprint density at radius 3 is 2.38 bits per heavy atom. The number of amides is 1. The maximum Gasteiger partial charge on any atom is 0.289 e. The summed E-state index contributed by atoms with van der Waals surface area (Å²) < 4.78 is 33.1. The molecule has 0 bridgehead atoms. The molecule has 4 rings (SSSR count). The highest BCUT2D eigenvalue weighted by molar-refractivity contribution is 7.89. The maximum absolute atomic E-state index is 13.0. The minimum absolute atomic E-state index is 0.0314. The lowest BCUT2D eigenvalue weighted by Crippen LogP contribution is -2.50. The molecule has 1 fully saturated rings. The van der Waals surface area contributed by atoms with E-state index in [1.807, 2.05) is 13.8 Å². The van der Waals surface area contributed by atoms with Gasteiger partial charge in [-0.25, -0.2) is 8.42 Å². The second-order valence-corrected chi connectivity index (χ2v) is 11.0. The van der Waals surface area contributed by atoms with Crippen molar-refractivity contribution in [3.05, 3.63) is 38.5 Å². The second-order valence-electron chi connectivity index (χ2n) is 7.60. The van der Waals surface area contributed by atoms with Gasteiger partial charge >= 0.3 is 0 Å². The number of nitrogens with zero attached hydrogens (tertiary/aromatic N) is 2. The quantitative estimate of drug-likeness (QED) is 0.738. The molecule has 2 aromatic heterocycles. The first-order valence-corrected chi connectivity index (χ1v) is 12.0. The van der Waals surface area contributed by atoms with Crippen LogP contribution in [0.4, 0.5) is 0 Å². The number of thiophene rings is 1. The molecular weight excluding hydrogens is 412 g/mol. The van der Waals surface area contributed by atoms with Gasteiger partial charge in [-0.05, 0) is 33.3 Å². The monoisotopic (exact) mass is 436 g/mol. The van der Waals surface area contributed by atoms with Crippen molar-refractivity contribution in [2.45, 2.75) is 44.9 Å². The number of furan rings is 1. The molecule has 156 valence electrons. The van der Waals surface area contributed by atoms with E-state index in [2.05, 4.69) is 0 Å². The minimum Gasteiger partial charge on any atom is -0.455 e. The van der Waals surface area contributed by atoms with E-state index in [0.717, 1.165) is 16.2 Å². The Labute approximate surface area is 174 Å². The number of rotatable bonds is 3. The molecule has 0 unspecified atom stereocenters. The summed E-state index contributed by atoms with van der Waals surface area (Å²) in [5, 5.41) is 0. The smallest absolute Gasteiger partial charge is 0.289 e. The first kappa shape index (κ1) is 20.3. The maximum atomic E-state index is 13.0. The predicted octanol–water partition coefficient (Wildman–Crippen LogP) is 2.93. The van der Waals surface area contributed by atoms with Crippen LogP contribution in [0.2, 0.25) is 0 Å². The molecule has 0 spiro atoms. The number of aryl methyl sites for hydroxylation is 3. The number of Topliss-reactive ketones (excluding diaryl/α,β-unsaturated/α-hetero) is 1. The van der Waals surface area contributed by atoms with Gasteiger partial charge in [0.15, 0.2) is 11.5 Å². The lowest BCUT2D eigenvalue weighted by Gasteiger charge is -2.33. The van der Waals surface area contributed by atoms with Crippen LogP contribution in [0.1, 0.15) is 54.8 Å². The standard InChI is InChI=1S/C20H24N2O5S2/c1-12-11-17(14(3)28-12)29(25,26)22-9-7-21(8-10-22)20(24)19-13(2)18-15(23)5-4-6-16(18)27-19/h11H,4-10H2,1-3H3. The van der Waals surface area contributed by atoms with Crippen LogP contribution < -0.4 is 0 Å². The summed E-state index contributed by atoms with van der Waals surface area (Å²) in [5.41, 5.74) is 1.17. The summed E-state index contributed by atoms with van der Waals surface area (Å²) in [6.45, 7) is 6.51. The zero-order valence-corrected chi connectivity index (χ0v) is 18.4. The topological polar surface area (TPSA) is 87.9 Å². The third-order valence-electron chi connectivity index (χ3n) is 5.64. The van der Waals surface area contributed by atoms with Crippen LogP contribution in [-0.4, -0.2) is 55.5 Å². The van der Waals surface area contributed by atoms with Gasteiger partial charge in [0.25, 0.3) is 5.91 Å². The molecule has 0 atom stereocenters. The summed E-state index contributed by atoms with van der Waals surface area (Å²) in [6.07, 6.45) is 1.89. The van der Waals surface area contributed by atoms with Gasteiger partial charge < -0.3 is 9.32 Å². The molecule has 1 amide bonds. The van der Waals surface area contributed by atoms with Gasteiger partial charge in [-0.1, -0.05) is 0 Å². The molecular formula is C20H24N2O5S2. The summed E-state index contributed by atoms with van der Waals surface area (Å²) in [6, 6.07) is 1.71. The molecule has 7 nitrogen and oxygen atoms in total. The van der Waals surface area contributed by atoms with E-state index in [-0.39, 0.29) is 30.5 Å². The number of sulfonamides is 1. The number of ketones is 1. The molecule has 2 aromatic rings. The fourth-order valence-corrected chi connectivity index (χ4v) is 7.08. The van der Waals surface area contributed by atoms with E-state index in [9.17, 15) is 18.0 Å². The Morgan fingerprint density at radius 2 is 1.79 bits per heavy atom. The highest BCUT2D eigenvalue weighted by Gasteiger charge is 2.35. The molecule has 0 radical (unpaired) electrons. The number of hydrogen-bond acceptors (Lipinski definition) is 6. The van der Waals surface area contributed by atoms with Gasteiger partial charge in [0.2, 0.25) is 10.0 Å². The minimum atomic E-state index is -3.57. The third-order valence-corrected chi connectivity index (χ3v) is 8.76. The van der Waals surface area contributed by atoms with Crippen molar-refractivity contribution in [2.24, 2.45) is 0 Å². The Kier molecular flexibility index (Phi) is 5.16. The molecule has 2 aliphatic rings. The van der Waals surface area contributed by atoms with E-state index in [0.29, 0.717) is 47.7 Å². The zero-order valence-electron chi connectivity index (χ0n) is 16.8. The number of carbonyl (C=O) groups is 2. The summed E-state index contributed by atoms with van der Waals surface area (Å²) in [4.78, 5) is 28.9. The van der Waals surface area contributed by atoms with E-state index >= 15 is 0 Å². The van der Waals surface area contributed by atoms with Crippen molar-refractivity contribution in [1.29, 1.82) is 0 Å². The van der Waals surface area contributed by atoms with Crippen molar-refractivity contribution in [3.63, 3.8) is 0 Å². The third kappa shape index (κ3) is 3.45. The van der Waals surface area contributed by atoms with Gasteiger partial charge in [0, 0.05) is 54.3 Å². The van der Waals surface area contributed by atoms with Crippen molar-refractivity contribution >= 4 is 33.1 Å². The van der Waals surface area contributed by atoms with Gasteiger partial charge in [0.05, 0.1) is 10.5 Å². The Bertz CT molecular complexity index is 1090. The van der Waals surface area contributed by atoms with E-state index in [1.54, 1.807) is 17.9 Å². The molecule has 1 aliphatic heterocycles. The average Bonchev–Trinajstić information content (AvgIpc) is 3.21. The number of carbonyl (C=O) groups excluding carboxylic acids is 2. The van der Waals surface area contributed by atoms with Gasteiger partial charge in [-0.3, -0.25) is 9.59 Å². The van der Waals surface area contributed by atoms with Crippen molar-refractivity contribution < 1.29 is 22.4 Å². The van der Waals surface area contributed by atoms with E-state index in [4.69, 9.17) is 4.42 Å². The van der Waals surface area contributed by atoms with Crippen LogP contribution in [0.5, 0.6) is 0 Å². The van der Waals surface area contributed by atoms with Crippen LogP contribution in [-0.2, 0) is 16.4 Å². The number of fused-ring (bicyclic) bond motifs is 1. The molecule has 0 N–H and O–H groups in total. The average molecular weight is 437 g/mol. The van der Waals surface area contributed by atoms with Gasteiger partial charge in [-0.2, -0.15) is 4.31 Å². The van der Waals surface area contributed by atoms with E-state index in [1.165, 1.54) is 15.6 Å². The Balaban J connectivity index is 1.50. The molecule has 1 aliphatic carbocycles. The highest BCUT2D eigenvalue weighted by Crippen LogP contribution is 2.31. The SMILES string of the molecule is Cc1cc(S(=O)(=O)N2CCN(C(=O)c3oc4c(c3C)C(=O)CCC4)CC2)c(C)s1. The van der Waals surface area contributed by atoms with Gasteiger partial charge in [-0.15, -0.1) is 11.3 Å². The lowest BCUT2D eigenvalue weighted by atomic mass is 9.94. The first-order valence-electron chi connectivity index (χ1n) is 9.72. The molecule has 9 heteroatoms. The highest BCUT2D eigenvalue weighted by atomic mass is 32.2. The molecule has 3 heterocycles.